The molecule has 1 aliphatic rings. The Bertz CT molecular complexity index is 821. The molecule has 0 saturated carbocycles. The third-order valence-corrected chi connectivity index (χ3v) is 5.29. The molecule has 1 fully saturated rings. The largest absolute Gasteiger partial charge is 0.465 e. The van der Waals surface area contributed by atoms with Crippen molar-refractivity contribution in [3.8, 4) is 0 Å². The number of nitrogens with zero attached hydrogens (tertiary/aromatic N) is 1. The second kappa shape index (κ2) is 8.68. The van der Waals surface area contributed by atoms with E-state index in [-0.39, 0.29) is 17.9 Å². The number of anilines is 2. The van der Waals surface area contributed by atoms with E-state index in [1.54, 1.807) is 16.3 Å². The van der Waals surface area contributed by atoms with Crippen molar-refractivity contribution in [2.75, 3.05) is 30.8 Å². The number of esters is 1. The van der Waals surface area contributed by atoms with Gasteiger partial charge in [-0.3, -0.25) is 4.79 Å². The molecule has 1 saturated heterocycles. The van der Waals surface area contributed by atoms with E-state index in [4.69, 9.17) is 4.74 Å². The number of ether oxygens (including phenoxy) is 1. The van der Waals surface area contributed by atoms with Crippen LogP contribution in [0.15, 0.2) is 41.8 Å². The van der Waals surface area contributed by atoms with Crippen molar-refractivity contribution < 1.29 is 19.1 Å². The molecule has 1 atom stereocenters. The highest BCUT2D eigenvalue weighted by Crippen LogP contribution is 2.25. The van der Waals surface area contributed by atoms with Gasteiger partial charge in [0.2, 0.25) is 5.91 Å². The number of rotatable bonds is 4. The Morgan fingerprint density at radius 3 is 2.67 bits per heavy atom. The van der Waals surface area contributed by atoms with Crippen LogP contribution in [0.2, 0.25) is 0 Å². The number of nitrogens with one attached hydrogen (secondary N) is 2. The normalized spacial score (nSPS) is 16.5. The maximum atomic E-state index is 12.6. The summed E-state index contributed by atoms with van der Waals surface area (Å²) in [5, 5.41) is 7.36. The summed E-state index contributed by atoms with van der Waals surface area (Å²) < 4.78 is 4.72. The van der Waals surface area contributed by atoms with E-state index in [9.17, 15) is 14.4 Å². The first-order chi connectivity index (χ1) is 13.1. The van der Waals surface area contributed by atoms with Gasteiger partial charge < -0.3 is 20.3 Å². The smallest absolute Gasteiger partial charge is 0.350 e. The molecule has 8 heteroatoms. The van der Waals surface area contributed by atoms with Crippen LogP contribution in [-0.2, 0) is 9.53 Å². The van der Waals surface area contributed by atoms with E-state index in [2.05, 4.69) is 10.6 Å². The summed E-state index contributed by atoms with van der Waals surface area (Å²) in [7, 11) is 1.30. The summed E-state index contributed by atoms with van der Waals surface area (Å²) in [5.74, 6) is -0.851. The van der Waals surface area contributed by atoms with E-state index in [0.29, 0.717) is 23.7 Å². The number of carbonyl (C=O) groups is 3. The van der Waals surface area contributed by atoms with Crippen LogP contribution in [0.5, 0.6) is 0 Å². The van der Waals surface area contributed by atoms with Gasteiger partial charge in [-0.2, -0.15) is 0 Å². The van der Waals surface area contributed by atoms with Crippen molar-refractivity contribution in [2.24, 2.45) is 5.92 Å². The molecule has 2 N–H and O–H groups in total. The maximum absolute atomic E-state index is 12.6. The number of urea groups is 1. The van der Waals surface area contributed by atoms with Crippen LogP contribution in [0.4, 0.5) is 16.2 Å². The van der Waals surface area contributed by atoms with Crippen LogP contribution in [0.1, 0.15) is 22.5 Å². The Hall–Kier alpha value is -2.87. The summed E-state index contributed by atoms with van der Waals surface area (Å²) in [5.41, 5.74) is 1.16. The molecule has 0 radical (unpaired) electrons. The van der Waals surface area contributed by atoms with Crippen LogP contribution < -0.4 is 10.6 Å². The van der Waals surface area contributed by atoms with Gasteiger partial charge in [-0.15, -0.1) is 11.3 Å². The summed E-state index contributed by atoms with van der Waals surface area (Å²) in [4.78, 5) is 38.8. The van der Waals surface area contributed by atoms with E-state index in [0.717, 1.165) is 18.5 Å². The lowest BCUT2D eigenvalue weighted by molar-refractivity contribution is -0.121. The lowest BCUT2D eigenvalue weighted by atomic mass is 9.97. The Balaban J connectivity index is 1.60. The first-order valence-corrected chi connectivity index (χ1v) is 9.54. The highest BCUT2D eigenvalue weighted by atomic mass is 32.1. The van der Waals surface area contributed by atoms with Gasteiger partial charge in [0.05, 0.1) is 18.7 Å². The molecule has 1 aromatic heterocycles. The van der Waals surface area contributed by atoms with Crippen LogP contribution in [0, 0.1) is 5.92 Å². The zero-order valence-corrected chi connectivity index (χ0v) is 15.8. The molecule has 7 nitrogen and oxygen atoms in total. The molecular weight excluding hydrogens is 366 g/mol. The molecule has 3 rings (SSSR count). The first-order valence-electron chi connectivity index (χ1n) is 8.66. The van der Waals surface area contributed by atoms with Crippen molar-refractivity contribution in [3.05, 3.63) is 46.7 Å². The van der Waals surface area contributed by atoms with Crippen LogP contribution in [0.25, 0.3) is 0 Å². The molecule has 3 amide bonds. The molecule has 27 heavy (non-hydrogen) atoms. The molecule has 0 spiro atoms. The average Bonchev–Trinajstić information content (AvgIpc) is 3.16. The predicted molar refractivity (Wildman–Crippen MR) is 104 cm³/mol. The monoisotopic (exact) mass is 387 g/mol. The summed E-state index contributed by atoms with van der Waals surface area (Å²) in [6.45, 7) is 0.904. The lowest BCUT2D eigenvalue weighted by Gasteiger charge is -2.32. The summed E-state index contributed by atoms with van der Waals surface area (Å²) in [6.07, 6.45) is 1.47. The van der Waals surface area contributed by atoms with Crippen LogP contribution >= 0.6 is 11.3 Å². The highest BCUT2D eigenvalue weighted by Gasteiger charge is 2.29. The Morgan fingerprint density at radius 2 is 1.93 bits per heavy atom. The molecule has 1 aliphatic heterocycles. The van der Waals surface area contributed by atoms with E-state index < -0.39 is 5.97 Å². The Morgan fingerprint density at radius 1 is 1.15 bits per heavy atom. The Kier molecular flexibility index (Phi) is 6.08. The molecule has 142 valence electrons. The van der Waals surface area contributed by atoms with Gasteiger partial charge in [0.25, 0.3) is 0 Å². The molecular formula is C19H21N3O4S. The number of benzene rings is 1. The Labute approximate surface area is 161 Å². The third kappa shape index (κ3) is 4.65. The maximum Gasteiger partial charge on any atom is 0.350 e. The summed E-state index contributed by atoms with van der Waals surface area (Å²) in [6, 6.07) is 10.6. The van der Waals surface area contributed by atoms with Crippen molar-refractivity contribution in [1.29, 1.82) is 0 Å². The van der Waals surface area contributed by atoms with Crippen molar-refractivity contribution in [2.45, 2.75) is 12.8 Å². The number of carbonyl (C=O) groups excluding carboxylic acids is 3. The van der Waals surface area contributed by atoms with Gasteiger partial charge in [0, 0.05) is 18.8 Å². The minimum absolute atomic E-state index is 0.0931. The molecule has 1 aromatic carbocycles. The zero-order chi connectivity index (χ0) is 19.2. The third-order valence-electron chi connectivity index (χ3n) is 4.40. The lowest BCUT2D eigenvalue weighted by Crippen LogP contribution is -2.45. The quantitative estimate of drug-likeness (QED) is 0.787. The molecule has 1 unspecified atom stereocenters. The second-order valence-electron chi connectivity index (χ2n) is 6.23. The molecule has 2 aromatic rings. The number of piperidine rings is 1. The van der Waals surface area contributed by atoms with Gasteiger partial charge in [0.1, 0.15) is 4.88 Å². The number of para-hydroxylation sites is 1. The van der Waals surface area contributed by atoms with Gasteiger partial charge in [-0.25, -0.2) is 9.59 Å². The van der Waals surface area contributed by atoms with E-state index in [1.165, 1.54) is 18.4 Å². The minimum Gasteiger partial charge on any atom is -0.465 e. The fraction of sp³-hybridized carbons (Fsp3) is 0.316. The predicted octanol–water partition coefficient (Wildman–Crippen LogP) is 3.42. The highest BCUT2D eigenvalue weighted by molar-refractivity contribution is 7.12. The van der Waals surface area contributed by atoms with Gasteiger partial charge >= 0.3 is 12.0 Å². The number of methoxy groups -OCH3 is 1. The van der Waals surface area contributed by atoms with Gasteiger partial charge in [-0.05, 0) is 36.4 Å². The summed E-state index contributed by atoms with van der Waals surface area (Å²) >= 11 is 1.21. The van der Waals surface area contributed by atoms with E-state index >= 15 is 0 Å². The molecule has 0 bridgehead atoms. The second-order valence-corrected chi connectivity index (χ2v) is 7.14. The minimum atomic E-state index is -0.487. The molecule has 0 aliphatic carbocycles. The zero-order valence-electron chi connectivity index (χ0n) is 14.9. The van der Waals surface area contributed by atoms with Crippen molar-refractivity contribution >= 4 is 40.6 Å². The SMILES string of the molecule is COC(=O)c1sccc1NC(=O)N1CCCC(C(=O)Nc2ccccc2)C1. The number of hydrogen-bond donors (Lipinski definition) is 2. The number of likely N-dealkylation sites (tertiary alicyclic amines) is 1. The number of thiophene rings is 1. The van der Waals surface area contributed by atoms with Crippen LogP contribution in [-0.4, -0.2) is 43.0 Å². The number of amides is 3. The number of hydrogen-bond acceptors (Lipinski definition) is 5. The average molecular weight is 387 g/mol. The van der Waals surface area contributed by atoms with Gasteiger partial charge in [0.15, 0.2) is 0 Å². The standard InChI is InChI=1S/C19H21N3O4S/c1-26-18(24)16-15(9-11-27-16)21-19(25)22-10-5-6-13(12-22)17(23)20-14-7-3-2-4-8-14/h2-4,7-9,11,13H,5-6,10,12H2,1H3,(H,20,23)(H,21,25). The van der Waals surface area contributed by atoms with Gasteiger partial charge in [-0.1, -0.05) is 18.2 Å². The van der Waals surface area contributed by atoms with Crippen molar-refractivity contribution in [3.63, 3.8) is 0 Å². The fourth-order valence-electron chi connectivity index (χ4n) is 2.99. The molecule has 2 heterocycles. The van der Waals surface area contributed by atoms with Crippen molar-refractivity contribution in [1.82, 2.24) is 4.90 Å². The topological polar surface area (TPSA) is 87.7 Å². The van der Waals surface area contributed by atoms with Crippen LogP contribution in [0.3, 0.4) is 0 Å². The fourth-order valence-corrected chi connectivity index (χ4v) is 3.76. The first kappa shape index (κ1) is 18.9. The van der Waals surface area contributed by atoms with E-state index in [1.807, 2.05) is 30.3 Å².